The van der Waals surface area contributed by atoms with E-state index < -0.39 is 0 Å². The lowest BCUT2D eigenvalue weighted by atomic mass is 10.2. The van der Waals surface area contributed by atoms with Gasteiger partial charge in [-0.05, 0) is 17.7 Å². The lowest BCUT2D eigenvalue weighted by molar-refractivity contribution is 0.703. The fourth-order valence-corrected chi connectivity index (χ4v) is 0.927. The summed E-state index contributed by atoms with van der Waals surface area (Å²) in [5, 5.41) is 3.06. The molecule has 14 heavy (non-hydrogen) atoms. The SMILES string of the molecule is Cl.NC/C(=C\F)CNc1ccccc1. The number of hydrogen-bond acceptors (Lipinski definition) is 2. The Morgan fingerprint density at radius 2 is 2.00 bits per heavy atom. The standard InChI is InChI=1S/C10H13FN2.ClH/c11-6-9(7-12)8-13-10-4-2-1-3-5-10;/h1-6,13H,7-8,12H2;1H/b9-6+;. The van der Waals surface area contributed by atoms with E-state index in [1.54, 1.807) is 0 Å². The fourth-order valence-electron chi connectivity index (χ4n) is 0.927. The van der Waals surface area contributed by atoms with Crippen molar-refractivity contribution in [3.8, 4) is 0 Å². The minimum absolute atomic E-state index is 0. The number of nitrogens with two attached hydrogens (primary N) is 1. The van der Waals surface area contributed by atoms with Gasteiger partial charge in [0, 0.05) is 18.8 Å². The van der Waals surface area contributed by atoms with Gasteiger partial charge in [0.15, 0.2) is 0 Å². The van der Waals surface area contributed by atoms with Gasteiger partial charge in [-0.15, -0.1) is 12.4 Å². The van der Waals surface area contributed by atoms with E-state index >= 15 is 0 Å². The summed E-state index contributed by atoms with van der Waals surface area (Å²) in [6.45, 7) is 0.702. The maximum absolute atomic E-state index is 12.1. The molecule has 0 radical (unpaired) electrons. The average Bonchev–Trinajstić information content (AvgIpc) is 2.21. The second-order valence-electron chi connectivity index (χ2n) is 2.69. The minimum Gasteiger partial charge on any atom is -0.381 e. The van der Waals surface area contributed by atoms with Gasteiger partial charge >= 0.3 is 0 Å². The summed E-state index contributed by atoms with van der Waals surface area (Å²) >= 11 is 0. The monoisotopic (exact) mass is 216 g/mol. The highest BCUT2D eigenvalue weighted by Gasteiger charge is 1.94. The van der Waals surface area contributed by atoms with Crippen LogP contribution in [-0.4, -0.2) is 13.1 Å². The first-order valence-electron chi connectivity index (χ1n) is 4.14. The summed E-state index contributed by atoms with van der Waals surface area (Å²) in [5.74, 6) is 0. The first-order valence-corrected chi connectivity index (χ1v) is 4.14. The fraction of sp³-hybridized carbons (Fsp3) is 0.200. The zero-order chi connectivity index (χ0) is 9.52. The number of anilines is 1. The predicted molar refractivity (Wildman–Crippen MR) is 60.4 cm³/mol. The van der Waals surface area contributed by atoms with Gasteiger partial charge < -0.3 is 11.1 Å². The highest BCUT2D eigenvalue weighted by molar-refractivity contribution is 5.85. The molecule has 78 valence electrons. The molecule has 2 nitrogen and oxygen atoms in total. The Hall–Kier alpha value is -1.06. The van der Waals surface area contributed by atoms with Crippen LogP contribution in [0.15, 0.2) is 42.2 Å². The molecule has 0 heterocycles. The highest BCUT2D eigenvalue weighted by Crippen LogP contribution is 2.05. The van der Waals surface area contributed by atoms with E-state index in [1.807, 2.05) is 30.3 Å². The molecule has 0 bridgehead atoms. The van der Waals surface area contributed by atoms with Crippen molar-refractivity contribution < 1.29 is 4.39 Å². The summed E-state index contributed by atoms with van der Waals surface area (Å²) in [7, 11) is 0. The van der Waals surface area contributed by atoms with Crippen molar-refractivity contribution in [2.45, 2.75) is 0 Å². The molecule has 3 N–H and O–H groups in total. The minimum atomic E-state index is 0. The third-order valence-electron chi connectivity index (χ3n) is 1.71. The van der Waals surface area contributed by atoms with Crippen molar-refractivity contribution >= 4 is 18.1 Å². The Morgan fingerprint density at radius 1 is 1.36 bits per heavy atom. The van der Waals surface area contributed by atoms with E-state index in [1.165, 1.54) is 0 Å². The zero-order valence-electron chi connectivity index (χ0n) is 7.74. The smallest absolute Gasteiger partial charge is 0.0889 e. The van der Waals surface area contributed by atoms with E-state index in [9.17, 15) is 4.39 Å². The Morgan fingerprint density at radius 3 is 2.50 bits per heavy atom. The molecule has 4 heteroatoms. The Balaban J connectivity index is 0.00000169. The van der Waals surface area contributed by atoms with Crippen molar-refractivity contribution in [3.05, 3.63) is 42.2 Å². The average molecular weight is 217 g/mol. The number of halogens is 2. The van der Waals surface area contributed by atoms with Gasteiger partial charge in [-0.25, -0.2) is 4.39 Å². The first-order chi connectivity index (χ1) is 6.36. The van der Waals surface area contributed by atoms with Crippen LogP contribution in [0.25, 0.3) is 0 Å². The molecule has 1 rings (SSSR count). The molecular formula is C10H14ClFN2. The summed E-state index contributed by atoms with van der Waals surface area (Å²) in [4.78, 5) is 0. The van der Waals surface area contributed by atoms with Crippen molar-refractivity contribution in [2.24, 2.45) is 5.73 Å². The Labute approximate surface area is 89.4 Å². The molecule has 0 aromatic heterocycles. The normalized spacial score (nSPS) is 10.6. The summed E-state index contributed by atoms with van der Waals surface area (Å²) in [6, 6.07) is 9.62. The van der Waals surface area contributed by atoms with Crippen LogP contribution in [0.1, 0.15) is 0 Å². The van der Waals surface area contributed by atoms with Crippen molar-refractivity contribution in [2.75, 3.05) is 18.4 Å². The van der Waals surface area contributed by atoms with Gasteiger partial charge in [0.1, 0.15) is 0 Å². The van der Waals surface area contributed by atoms with Crippen LogP contribution in [0.5, 0.6) is 0 Å². The maximum Gasteiger partial charge on any atom is 0.0889 e. The zero-order valence-corrected chi connectivity index (χ0v) is 8.56. The van der Waals surface area contributed by atoms with Crippen molar-refractivity contribution in [1.29, 1.82) is 0 Å². The topological polar surface area (TPSA) is 38.0 Å². The molecule has 0 saturated carbocycles. The van der Waals surface area contributed by atoms with Crippen LogP contribution in [0.4, 0.5) is 10.1 Å². The van der Waals surface area contributed by atoms with Gasteiger partial charge in [0.2, 0.25) is 0 Å². The van der Waals surface area contributed by atoms with Crippen LogP contribution in [0, 0.1) is 0 Å². The lowest BCUT2D eigenvalue weighted by Gasteiger charge is -2.06. The van der Waals surface area contributed by atoms with Crippen LogP contribution < -0.4 is 11.1 Å². The third kappa shape index (κ3) is 4.25. The van der Waals surface area contributed by atoms with Gasteiger partial charge in [-0.1, -0.05) is 18.2 Å². The quantitative estimate of drug-likeness (QED) is 0.811. The molecule has 0 spiro atoms. The Kier molecular flexibility index (Phi) is 6.80. The summed E-state index contributed by atoms with van der Waals surface area (Å²) < 4.78 is 12.1. The lowest BCUT2D eigenvalue weighted by Crippen LogP contribution is -2.12. The molecule has 0 amide bonds. The van der Waals surface area contributed by atoms with Gasteiger partial charge in [-0.3, -0.25) is 0 Å². The molecule has 0 atom stereocenters. The molecule has 0 aliphatic rings. The van der Waals surface area contributed by atoms with Crippen LogP contribution >= 0.6 is 12.4 Å². The van der Waals surface area contributed by atoms with Crippen molar-refractivity contribution in [3.63, 3.8) is 0 Å². The van der Waals surface area contributed by atoms with Crippen molar-refractivity contribution in [1.82, 2.24) is 0 Å². The van der Waals surface area contributed by atoms with Crippen LogP contribution in [0.2, 0.25) is 0 Å². The summed E-state index contributed by atoms with van der Waals surface area (Å²) in [5.41, 5.74) is 6.83. The largest absolute Gasteiger partial charge is 0.381 e. The van der Waals surface area contributed by atoms with E-state index in [0.717, 1.165) is 5.69 Å². The Bertz CT molecular complexity index is 275. The second-order valence-corrected chi connectivity index (χ2v) is 2.69. The molecule has 0 aliphatic heterocycles. The molecular weight excluding hydrogens is 203 g/mol. The van der Waals surface area contributed by atoms with Gasteiger partial charge in [-0.2, -0.15) is 0 Å². The third-order valence-corrected chi connectivity index (χ3v) is 1.71. The number of para-hydroxylation sites is 1. The number of hydrogen-bond donors (Lipinski definition) is 2. The van der Waals surface area contributed by atoms with Crippen LogP contribution in [-0.2, 0) is 0 Å². The molecule has 0 unspecified atom stereocenters. The van der Waals surface area contributed by atoms with E-state index in [4.69, 9.17) is 5.73 Å². The second kappa shape index (κ2) is 7.35. The van der Waals surface area contributed by atoms with E-state index in [0.29, 0.717) is 18.4 Å². The molecule has 0 aliphatic carbocycles. The molecule has 0 fully saturated rings. The van der Waals surface area contributed by atoms with E-state index in [-0.39, 0.29) is 19.0 Å². The number of benzene rings is 1. The predicted octanol–water partition coefficient (Wildman–Crippen LogP) is 2.33. The van der Waals surface area contributed by atoms with Gasteiger partial charge in [0.05, 0.1) is 6.33 Å². The highest BCUT2D eigenvalue weighted by atomic mass is 35.5. The van der Waals surface area contributed by atoms with Gasteiger partial charge in [0.25, 0.3) is 0 Å². The molecule has 0 saturated heterocycles. The van der Waals surface area contributed by atoms with Crippen LogP contribution in [0.3, 0.4) is 0 Å². The maximum atomic E-state index is 12.1. The van der Waals surface area contributed by atoms with E-state index in [2.05, 4.69) is 5.32 Å². The molecule has 1 aromatic carbocycles. The number of rotatable bonds is 4. The number of nitrogens with one attached hydrogen (secondary N) is 1. The molecule has 1 aromatic rings. The first kappa shape index (κ1) is 12.9. The summed E-state index contributed by atoms with van der Waals surface area (Å²) in [6.07, 6.45) is 0.552.